The second kappa shape index (κ2) is 6.33. The Balaban J connectivity index is 1.96. The lowest BCUT2D eigenvalue weighted by molar-refractivity contribution is 0.220. The summed E-state index contributed by atoms with van der Waals surface area (Å²) < 4.78 is 23.3. The van der Waals surface area contributed by atoms with Crippen LogP contribution in [-0.4, -0.2) is 38.2 Å². The van der Waals surface area contributed by atoms with Gasteiger partial charge in [-0.1, -0.05) is 22.9 Å². The lowest BCUT2D eigenvalue weighted by Gasteiger charge is -2.17. The van der Waals surface area contributed by atoms with Crippen LogP contribution in [0.5, 0.6) is 0 Å². The maximum absolute atomic E-state index is 12.2. The van der Waals surface area contributed by atoms with Crippen LogP contribution in [0.2, 0.25) is 0 Å². The zero-order chi connectivity index (χ0) is 15.6. The minimum atomic E-state index is -3.52. The molecule has 0 saturated carbocycles. The van der Waals surface area contributed by atoms with E-state index in [0.717, 1.165) is 4.47 Å². The van der Waals surface area contributed by atoms with Gasteiger partial charge in [0.2, 0.25) is 10.0 Å². The van der Waals surface area contributed by atoms with Crippen LogP contribution in [0.3, 0.4) is 0 Å². The molecule has 1 aliphatic rings. The van der Waals surface area contributed by atoms with E-state index >= 15 is 0 Å². The first-order valence-electron chi connectivity index (χ1n) is 6.56. The van der Waals surface area contributed by atoms with Crippen molar-refractivity contribution in [3.8, 4) is 0 Å². The van der Waals surface area contributed by atoms with Gasteiger partial charge in [0, 0.05) is 23.2 Å². The third-order valence-corrected chi connectivity index (χ3v) is 5.02. The smallest absolute Gasteiger partial charge is 0.321 e. The van der Waals surface area contributed by atoms with Crippen LogP contribution < -0.4 is 10.5 Å². The molecule has 1 aromatic rings. The van der Waals surface area contributed by atoms with E-state index < -0.39 is 10.0 Å². The fraction of sp³-hybridized carbons (Fsp3) is 0.462. The lowest BCUT2D eigenvalue weighted by atomic mass is 10.0. The molecule has 116 valence electrons. The minimum absolute atomic E-state index is 0.0871. The van der Waals surface area contributed by atoms with Crippen molar-refractivity contribution < 1.29 is 13.2 Å². The van der Waals surface area contributed by atoms with Crippen LogP contribution in [0.25, 0.3) is 0 Å². The molecular formula is C13H18BrN3O3S. The second-order valence-corrected chi connectivity index (χ2v) is 7.98. The average Bonchev–Trinajstić information content (AvgIpc) is 2.72. The van der Waals surface area contributed by atoms with Crippen molar-refractivity contribution in [2.45, 2.75) is 6.92 Å². The number of hydrogen-bond acceptors (Lipinski definition) is 3. The highest BCUT2D eigenvalue weighted by atomic mass is 79.9. The molecule has 0 bridgehead atoms. The molecule has 1 fully saturated rings. The summed E-state index contributed by atoms with van der Waals surface area (Å²) in [5.74, 6) is -0.0920. The first-order valence-corrected chi connectivity index (χ1v) is 9.07. The highest BCUT2D eigenvalue weighted by Crippen LogP contribution is 2.24. The van der Waals surface area contributed by atoms with Crippen LogP contribution in [0.15, 0.2) is 28.7 Å². The fourth-order valence-electron chi connectivity index (χ4n) is 2.45. The van der Waals surface area contributed by atoms with Crippen LogP contribution in [-0.2, 0) is 10.0 Å². The quantitative estimate of drug-likeness (QED) is 0.843. The van der Waals surface area contributed by atoms with Crippen molar-refractivity contribution >= 4 is 37.7 Å². The summed E-state index contributed by atoms with van der Waals surface area (Å²) in [7, 11) is -3.52. The van der Waals surface area contributed by atoms with Crippen LogP contribution in [0.1, 0.15) is 6.92 Å². The number of halogens is 1. The van der Waals surface area contributed by atoms with Crippen LogP contribution in [0.4, 0.5) is 10.5 Å². The van der Waals surface area contributed by atoms with E-state index in [1.165, 1.54) is 0 Å². The summed E-state index contributed by atoms with van der Waals surface area (Å²) in [5.41, 5.74) is 0.700. The predicted octanol–water partition coefficient (Wildman–Crippen LogP) is 1.84. The third-order valence-electron chi connectivity index (χ3n) is 3.60. The number of rotatable bonds is 3. The van der Waals surface area contributed by atoms with Gasteiger partial charge < -0.3 is 10.2 Å². The summed E-state index contributed by atoms with van der Waals surface area (Å²) in [5, 5.41) is 7.89. The molecule has 0 unspecified atom stereocenters. The molecular weight excluding hydrogens is 358 g/mol. The third kappa shape index (κ3) is 4.69. The maximum Gasteiger partial charge on any atom is 0.321 e. The number of carbonyl (C=O) groups excluding carboxylic acids is 1. The predicted molar refractivity (Wildman–Crippen MR) is 85.4 cm³/mol. The van der Waals surface area contributed by atoms with Gasteiger partial charge in [-0.2, -0.15) is 0 Å². The van der Waals surface area contributed by atoms with E-state index in [0.29, 0.717) is 18.8 Å². The van der Waals surface area contributed by atoms with E-state index in [1.807, 2.05) is 19.1 Å². The molecule has 21 heavy (non-hydrogen) atoms. The molecule has 6 nitrogen and oxygen atoms in total. The fourth-order valence-corrected chi connectivity index (χ4v) is 3.75. The van der Waals surface area contributed by atoms with Crippen LogP contribution in [0, 0.1) is 11.8 Å². The number of amides is 2. The number of sulfonamides is 1. The SMILES string of the molecule is C[C@@H]1CN(C(=O)Nc2ccc(Br)cc2)C[C@H]1CS(N)(=O)=O. The number of carbonyl (C=O) groups is 1. The van der Waals surface area contributed by atoms with E-state index in [2.05, 4.69) is 21.2 Å². The van der Waals surface area contributed by atoms with Gasteiger partial charge in [-0.25, -0.2) is 18.4 Å². The Morgan fingerprint density at radius 2 is 2.00 bits per heavy atom. The Bertz CT molecular complexity index is 618. The van der Waals surface area contributed by atoms with Crippen molar-refractivity contribution in [2.24, 2.45) is 17.0 Å². The van der Waals surface area contributed by atoms with Gasteiger partial charge in [0.15, 0.2) is 0 Å². The summed E-state index contributed by atoms with van der Waals surface area (Å²) in [4.78, 5) is 13.8. The molecule has 8 heteroatoms. The number of urea groups is 1. The van der Waals surface area contributed by atoms with E-state index in [1.54, 1.807) is 17.0 Å². The summed E-state index contributed by atoms with van der Waals surface area (Å²) in [6.45, 7) is 2.87. The van der Waals surface area contributed by atoms with Gasteiger partial charge in [0.05, 0.1) is 5.75 Å². The largest absolute Gasteiger partial charge is 0.324 e. The number of nitrogens with zero attached hydrogens (tertiary/aromatic N) is 1. The summed E-state index contributed by atoms with van der Waals surface area (Å²) in [6, 6.07) is 7.05. The highest BCUT2D eigenvalue weighted by molar-refractivity contribution is 9.10. The Labute approximate surface area is 132 Å². The molecule has 0 spiro atoms. The Hall–Kier alpha value is -1.12. The first-order chi connectivity index (χ1) is 9.74. The van der Waals surface area contributed by atoms with E-state index in [-0.39, 0.29) is 23.6 Å². The number of hydrogen-bond donors (Lipinski definition) is 2. The maximum atomic E-state index is 12.2. The molecule has 2 rings (SSSR count). The zero-order valence-corrected chi connectivity index (χ0v) is 14.0. The standard InChI is InChI=1S/C13H18BrN3O3S/c1-9-6-17(7-10(9)8-21(15,19)20)13(18)16-12-4-2-11(14)3-5-12/h2-5,9-10H,6-8H2,1H3,(H,16,18)(H2,15,19,20)/t9-,10+/m1/s1. The van der Waals surface area contributed by atoms with Gasteiger partial charge in [0.25, 0.3) is 0 Å². The lowest BCUT2D eigenvalue weighted by Crippen LogP contribution is -2.34. The second-order valence-electron chi connectivity index (χ2n) is 5.41. The molecule has 2 atom stereocenters. The monoisotopic (exact) mass is 375 g/mol. The van der Waals surface area contributed by atoms with Crippen molar-refractivity contribution in [1.29, 1.82) is 0 Å². The normalized spacial score (nSPS) is 22.3. The van der Waals surface area contributed by atoms with Gasteiger partial charge >= 0.3 is 6.03 Å². The molecule has 1 aromatic carbocycles. The number of likely N-dealkylation sites (tertiary alicyclic amines) is 1. The van der Waals surface area contributed by atoms with E-state index in [4.69, 9.17) is 5.14 Å². The average molecular weight is 376 g/mol. The molecule has 1 heterocycles. The zero-order valence-electron chi connectivity index (χ0n) is 11.6. The molecule has 1 saturated heterocycles. The van der Waals surface area contributed by atoms with Gasteiger partial charge in [-0.15, -0.1) is 0 Å². The molecule has 3 N–H and O–H groups in total. The number of anilines is 1. The molecule has 2 amide bonds. The molecule has 0 aromatic heterocycles. The van der Waals surface area contributed by atoms with Gasteiger partial charge in [-0.3, -0.25) is 0 Å². The van der Waals surface area contributed by atoms with E-state index in [9.17, 15) is 13.2 Å². The van der Waals surface area contributed by atoms with Crippen LogP contribution >= 0.6 is 15.9 Å². The Morgan fingerprint density at radius 3 is 2.57 bits per heavy atom. The van der Waals surface area contributed by atoms with Crippen molar-refractivity contribution in [2.75, 3.05) is 24.2 Å². The molecule has 0 radical (unpaired) electrons. The summed E-state index contributed by atoms with van der Waals surface area (Å²) >= 11 is 3.33. The highest BCUT2D eigenvalue weighted by Gasteiger charge is 2.34. The van der Waals surface area contributed by atoms with Crippen molar-refractivity contribution in [1.82, 2.24) is 4.90 Å². The topological polar surface area (TPSA) is 92.5 Å². The minimum Gasteiger partial charge on any atom is -0.324 e. The first kappa shape index (κ1) is 16.3. The number of benzene rings is 1. The molecule has 1 aliphatic heterocycles. The van der Waals surface area contributed by atoms with Gasteiger partial charge in [-0.05, 0) is 36.1 Å². The van der Waals surface area contributed by atoms with Crippen molar-refractivity contribution in [3.05, 3.63) is 28.7 Å². The van der Waals surface area contributed by atoms with Crippen molar-refractivity contribution in [3.63, 3.8) is 0 Å². The Morgan fingerprint density at radius 1 is 1.38 bits per heavy atom. The Kier molecular flexibility index (Phi) is 4.90. The number of primary sulfonamides is 1. The van der Waals surface area contributed by atoms with Gasteiger partial charge in [0.1, 0.15) is 0 Å². The number of nitrogens with one attached hydrogen (secondary N) is 1. The molecule has 0 aliphatic carbocycles. The summed E-state index contributed by atoms with van der Waals surface area (Å²) in [6.07, 6.45) is 0. The number of nitrogens with two attached hydrogens (primary N) is 1.